The fraction of sp³-hybridized carbons (Fsp3) is 0.395. The van der Waals surface area contributed by atoms with Crippen LogP contribution in [0.4, 0.5) is 0 Å². The number of amides is 5. The number of aliphatic carboxylic acids is 2. The lowest BCUT2D eigenvalue weighted by molar-refractivity contribution is -0.142. The van der Waals surface area contributed by atoms with E-state index in [0.29, 0.717) is 22.0 Å². The number of rotatable bonds is 20. The zero-order valence-corrected chi connectivity index (χ0v) is 31.1. The van der Waals surface area contributed by atoms with E-state index in [4.69, 9.17) is 5.73 Å². The van der Waals surface area contributed by atoms with Gasteiger partial charge in [-0.15, -0.1) is 0 Å². The molecule has 0 radical (unpaired) electrons. The predicted octanol–water partition coefficient (Wildman–Crippen LogP) is -0.197. The summed E-state index contributed by atoms with van der Waals surface area (Å²) in [6.45, 7) is 3.96. The van der Waals surface area contributed by atoms with E-state index in [9.17, 15) is 48.9 Å². The molecule has 5 amide bonds. The molecule has 4 aromatic rings. The molecule has 2 heterocycles. The van der Waals surface area contributed by atoms with Crippen molar-refractivity contribution in [3.8, 4) is 0 Å². The maximum absolute atomic E-state index is 14.0. The molecule has 12 N–H and O–H groups in total. The van der Waals surface area contributed by atoms with Gasteiger partial charge in [0.15, 0.2) is 0 Å². The Labute approximate surface area is 321 Å². The first-order valence-corrected chi connectivity index (χ1v) is 18.0. The summed E-state index contributed by atoms with van der Waals surface area (Å²) in [6.07, 6.45) is 2.39. The minimum atomic E-state index is -1.68. The molecular formula is C38H48N8O10. The van der Waals surface area contributed by atoms with E-state index in [1.807, 2.05) is 13.8 Å². The maximum atomic E-state index is 14.0. The number of fused-ring (bicyclic) bond motifs is 2. The summed E-state index contributed by atoms with van der Waals surface area (Å²) in [4.78, 5) is 96.8. The number of carboxylic acids is 2. The van der Waals surface area contributed by atoms with Crippen LogP contribution in [0.1, 0.15) is 44.7 Å². The Bertz CT molecular complexity index is 2060. The molecule has 0 bridgehead atoms. The molecule has 6 atom stereocenters. The lowest BCUT2D eigenvalue weighted by Crippen LogP contribution is -2.60. The van der Waals surface area contributed by atoms with Crippen molar-refractivity contribution in [2.24, 2.45) is 11.7 Å². The molecule has 0 aliphatic heterocycles. The largest absolute Gasteiger partial charge is 0.481 e. The summed E-state index contributed by atoms with van der Waals surface area (Å²) < 4.78 is 0. The molecule has 2 aromatic heterocycles. The predicted molar refractivity (Wildman–Crippen MR) is 204 cm³/mol. The Balaban J connectivity index is 1.59. The number of aliphatic hydroxyl groups is 1. The van der Waals surface area contributed by atoms with E-state index in [0.717, 1.165) is 10.9 Å². The molecule has 0 aliphatic carbocycles. The highest BCUT2D eigenvalue weighted by molar-refractivity contribution is 5.98. The van der Waals surface area contributed by atoms with Gasteiger partial charge in [-0.25, -0.2) is 0 Å². The molecular weight excluding hydrogens is 728 g/mol. The molecule has 4 rings (SSSR count). The van der Waals surface area contributed by atoms with Crippen LogP contribution in [0.2, 0.25) is 0 Å². The van der Waals surface area contributed by atoms with E-state index in [1.54, 1.807) is 60.9 Å². The van der Waals surface area contributed by atoms with Gasteiger partial charge in [0, 0.05) is 47.0 Å². The highest BCUT2D eigenvalue weighted by atomic mass is 16.4. The highest BCUT2D eigenvalue weighted by Crippen LogP contribution is 2.21. The Hall–Kier alpha value is -6.27. The number of hydrogen-bond donors (Lipinski definition) is 11. The van der Waals surface area contributed by atoms with Crippen molar-refractivity contribution in [1.29, 1.82) is 0 Å². The van der Waals surface area contributed by atoms with Crippen LogP contribution >= 0.6 is 0 Å². The third-order valence-electron chi connectivity index (χ3n) is 9.08. The van der Waals surface area contributed by atoms with Gasteiger partial charge in [-0.05, 0) is 42.5 Å². The number of aromatic nitrogens is 2. The SMILES string of the molecule is CC(C)CC(N)C(=O)NC(CC(=O)O)C(=O)NC(Cc1c[nH]c2ccccc12)C(=O)NC(CO)C(=O)NC(Cc1c[nH]c2ccccc12)C(=O)NC(C)C(=O)O. The number of nitrogens with one attached hydrogen (secondary N) is 7. The second kappa shape index (κ2) is 19.4. The van der Waals surface area contributed by atoms with Gasteiger partial charge in [-0.3, -0.25) is 33.6 Å². The molecule has 0 fully saturated rings. The molecule has 0 spiro atoms. The summed E-state index contributed by atoms with van der Waals surface area (Å²) in [5.41, 5.74) is 8.61. The van der Waals surface area contributed by atoms with E-state index in [-0.39, 0.29) is 25.2 Å². The average molecular weight is 777 g/mol. The number of carboxylic acid groups (broad SMARTS) is 2. The lowest BCUT2D eigenvalue weighted by atomic mass is 10.0. The van der Waals surface area contributed by atoms with Gasteiger partial charge in [0.05, 0.1) is 19.1 Å². The molecule has 0 saturated carbocycles. The molecule has 56 heavy (non-hydrogen) atoms. The average Bonchev–Trinajstić information content (AvgIpc) is 3.75. The number of benzene rings is 2. The first-order valence-electron chi connectivity index (χ1n) is 18.0. The summed E-state index contributed by atoms with van der Waals surface area (Å²) in [6, 6.07) is 5.79. The van der Waals surface area contributed by atoms with Gasteiger partial charge in [-0.1, -0.05) is 50.2 Å². The number of aromatic amines is 2. The lowest BCUT2D eigenvalue weighted by Gasteiger charge is -2.26. The number of hydrogen-bond acceptors (Lipinski definition) is 9. The zero-order valence-electron chi connectivity index (χ0n) is 31.1. The molecule has 18 nitrogen and oxygen atoms in total. The molecule has 18 heteroatoms. The number of carbonyl (C=O) groups is 7. The number of aliphatic hydroxyl groups excluding tert-OH is 1. The Morgan fingerprint density at radius 3 is 1.52 bits per heavy atom. The molecule has 0 aliphatic rings. The number of H-pyrrole nitrogens is 2. The van der Waals surface area contributed by atoms with Gasteiger partial charge in [0.25, 0.3) is 0 Å². The van der Waals surface area contributed by atoms with Crippen molar-refractivity contribution in [1.82, 2.24) is 36.6 Å². The van der Waals surface area contributed by atoms with Crippen LogP contribution in [0.5, 0.6) is 0 Å². The van der Waals surface area contributed by atoms with Crippen molar-refractivity contribution >= 4 is 63.3 Å². The summed E-state index contributed by atoms with van der Waals surface area (Å²) in [5.74, 6) is -7.31. The second-order valence-electron chi connectivity index (χ2n) is 14.0. The minimum absolute atomic E-state index is 0.0231. The van der Waals surface area contributed by atoms with E-state index in [2.05, 4.69) is 36.6 Å². The monoisotopic (exact) mass is 776 g/mol. The smallest absolute Gasteiger partial charge is 0.325 e. The Kier molecular flexibility index (Phi) is 14.7. The number of nitrogens with two attached hydrogens (primary N) is 1. The second-order valence-corrected chi connectivity index (χ2v) is 14.0. The van der Waals surface area contributed by atoms with Crippen molar-refractivity contribution in [3.63, 3.8) is 0 Å². The molecule has 2 aromatic carbocycles. The first kappa shape index (κ1) is 42.5. The molecule has 300 valence electrons. The van der Waals surface area contributed by atoms with Gasteiger partial charge in [0.2, 0.25) is 29.5 Å². The van der Waals surface area contributed by atoms with Gasteiger partial charge >= 0.3 is 11.9 Å². The fourth-order valence-corrected chi connectivity index (χ4v) is 6.12. The summed E-state index contributed by atoms with van der Waals surface area (Å²) >= 11 is 0. The van der Waals surface area contributed by atoms with E-state index < -0.39 is 90.8 Å². The van der Waals surface area contributed by atoms with Crippen molar-refractivity contribution < 1.29 is 48.9 Å². The highest BCUT2D eigenvalue weighted by Gasteiger charge is 2.34. The molecule has 0 saturated heterocycles. The van der Waals surface area contributed by atoms with Crippen LogP contribution in [-0.2, 0) is 46.4 Å². The maximum Gasteiger partial charge on any atom is 0.325 e. The third-order valence-corrected chi connectivity index (χ3v) is 9.08. The van der Waals surface area contributed by atoms with Crippen molar-refractivity contribution in [2.75, 3.05) is 6.61 Å². The first-order chi connectivity index (χ1) is 26.6. The normalized spacial score (nSPS) is 14.5. The van der Waals surface area contributed by atoms with E-state index in [1.165, 1.54) is 6.92 Å². The Morgan fingerprint density at radius 1 is 0.625 bits per heavy atom. The summed E-state index contributed by atoms with van der Waals surface area (Å²) in [7, 11) is 0. The zero-order chi connectivity index (χ0) is 41.1. The molecule has 6 unspecified atom stereocenters. The van der Waals surface area contributed by atoms with Crippen LogP contribution < -0.4 is 32.3 Å². The Morgan fingerprint density at radius 2 is 1.05 bits per heavy atom. The third kappa shape index (κ3) is 11.4. The fourth-order valence-electron chi connectivity index (χ4n) is 6.12. The number of para-hydroxylation sites is 2. The van der Waals surface area contributed by atoms with Crippen molar-refractivity contribution in [3.05, 3.63) is 72.1 Å². The topological polar surface area (TPSA) is 298 Å². The van der Waals surface area contributed by atoms with Crippen LogP contribution in [-0.4, -0.2) is 110 Å². The van der Waals surface area contributed by atoms with Gasteiger partial charge in [-0.2, -0.15) is 0 Å². The van der Waals surface area contributed by atoms with Gasteiger partial charge < -0.3 is 57.6 Å². The standard InChI is InChI=1S/C38H48N8O10/c1-19(2)12-25(39)33(50)43-30(15-32(48)49)36(53)44-29(14-22-17-41-27-11-7-5-9-24(22)27)35(52)46-31(18-47)37(54)45-28(34(51)42-20(3)38(55)56)13-21-16-40-26-10-6-4-8-23(21)26/h4-11,16-17,19-20,25,28-31,40-41,47H,12-15,18,39H2,1-3H3,(H,42,51)(H,43,50)(H,44,53)(H,45,54)(H,46,52)(H,48,49)(H,55,56). The van der Waals surface area contributed by atoms with Crippen LogP contribution in [0.25, 0.3) is 21.8 Å². The van der Waals surface area contributed by atoms with Crippen LogP contribution in [0, 0.1) is 5.92 Å². The van der Waals surface area contributed by atoms with Gasteiger partial charge in [0.1, 0.15) is 30.2 Å². The quantitative estimate of drug-likeness (QED) is 0.0559. The van der Waals surface area contributed by atoms with E-state index >= 15 is 0 Å². The van der Waals surface area contributed by atoms with Crippen molar-refractivity contribution in [2.45, 2.75) is 82.7 Å². The number of carbonyl (C=O) groups excluding carboxylic acids is 5. The van der Waals surface area contributed by atoms with Crippen LogP contribution in [0.3, 0.4) is 0 Å². The minimum Gasteiger partial charge on any atom is -0.481 e. The van der Waals surface area contributed by atoms with Crippen LogP contribution in [0.15, 0.2) is 60.9 Å². The summed E-state index contributed by atoms with van der Waals surface area (Å²) in [5, 5.41) is 42.8.